The molecular formula is C23H22ClFN4O2. The molecule has 0 aliphatic carbocycles. The topological polar surface area (TPSA) is 58.4 Å². The van der Waals surface area contributed by atoms with E-state index < -0.39 is 5.82 Å². The van der Waals surface area contributed by atoms with E-state index in [0.717, 1.165) is 30.7 Å². The Balaban J connectivity index is 1.46. The summed E-state index contributed by atoms with van der Waals surface area (Å²) in [6.45, 7) is 3.62. The van der Waals surface area contributed by atoms with E-state index in [1.807, 2.05) is 24.3 Å². The molecule has 0 bridgehead atoms. The Labute approximate surface area is 184 Å². The molecule has 0 N–H and O–H groups in total. The van der Waals surface area contributed by atoms with Crippen LogP contribution in [0.5, 0.6) is 0 Å². The Bertz CT molecular complexity index is 1120. The average Bonchev–Trinajstić information content (AvgIpc) is 3.01. The number of amides is 1. The van der Waals surface area contributed by atoms with Gasteiger partial charge in [-0.05, 0) is 54.4 Å². The van der Waals surface area contributed by atoms with E-state index in [9.17, 15) is 14.0 Å². The lowest BCUT2D eigenvalue weighted by Crippen LogP contribution is -2.36. The van der Waals surface area contributed by atoms with E-state index in [1.54, 1.807) is 4.90 Å². The largest absolute Gasteiger partial charge is 0.336 e. The fourth-order valence-electron chi connectivity index (χ4n) is 3.63. The van der Waals surface area contributed by atoms with Crippen LogP contribution in [-0.2, 0) is 6.54 Å². The van der Waals surface area contributed by atoms with Crippen molar-refractivity contribution < 1.29 is 9.18 Å². The minimum absolute atomic E-state index is 0.190. The van der Waals surface area contributed by atoms with Crippen LogP contribution in [0.15, 0.2) is 65.5 Å². The van der Waals surface area contributed by atoms with Gasteiger partial charge in [-0.1, -0.05) is 23.7 Å². The first-order chi connectivity index (χ1) is 15.0. The summed E-state index contributed by atoms with van der Waals surface area (Å²) in [6.07, 6.45) is 0.844. The minimum atomic E-state index is -0.406. The van der Waals surface area contributed by atoms with Crippen LogP contribution in [0.2, 0.25) is 5.02 Å². The zero-order valence-corrected chi connectivity index (χ0v) is 17.6. The SMILES string of the molecule is O=C(c1ccc(=O)n(-c2ccc(F)cc2)n1)N1CCCN(Cc2ccc(Cl)cc2)CC1. The smallest absolute Gasteiger partial charge is 0.274 e. The van der Waals surface area contributed by atoms with E-state index in [0.29, 0.717) is 23.8 Å². The number of halogens is 2. The molecule has 1 aromatic heterocycles. The van der Waals surface area contributed by atoms with Crippen LogP contribution in [0.3, 0.4) is 0 Å². The molecular weight excluding hydrogens is 419 g/mol. The molecule has 1 saturated heterocycles. The number of hydrogen-bond acceptors (Lipinski definition) is 4. The molecule has 8 heteroatoms. The standard InChI is InChI=1S/C23H22ClFN4O2/c24-18-4-2-17(3-5-18)16-27-12-1-13-28(15-14-27)23(31)21-10-11-22(30)29(26-21)20-8-6-19(25)7-9-20/h2-11H,1,12-16H2. The number of rotatable bonds is 4. The summed E-state index contributed by atoms with van der Waals surface area (Å²) in [5, 5.41) is 4.95. The Kier molecular flexibility index (Phi) is 6.44. The summed E-state index contributed by atoms with van der Waals surface area (Å²) in [4.78, 5) is 29.4. The molecule has 0 spiro atoms. The zero-order chi connectivity index (χ0) is 21.8. The quantitative estimate of drug-likeness (QED) is 0.624. The molecule has 1 aliphatic heterocycles. The van der Waals surface area contributed by atoms with Gasteiger partial charge in [0.05, 0.1) is 5.69 Å². The normalized spacial score (nSPS) is 15.0. The van der Waals surface area contributed by atoms with Crippen molar-refractivity contribution in [1.82, 2.24) is 19.6 Å². The second-order valence-corrected chi connectivity index (χ2v) is 7.93. The average molecular weight is 441 g/mol. The Morgan fingerprint density at radius 3 is 2.42 bits per heavy atom. The molecule has 1 aliphatic rings. The molecule has 160 valence electrons. The lowest BCUT2D eigenvalue weighted by molar-refractivity contribution is 0.0753. The predicted octanol–water partition coefficient (Wildman–Crippen LogP) is 3.37. The number of aromatic nitrogens is 2. The zero-order valence-electron chi connectivity index (χ0n) is 16.9. The number of hydrogen-bond donors (Lipinski definition) is 0. The highest BCUT2D eigenvalue weighted by Gasteiger charge is 2.22. The van der Waals surface area contributed by atoms with E-state index in [-0.39, 0.29) is 17.2 Å². The van der Waals surface area contributed by atoms with Crippen molar-refractivity contribution in [1.29, 1.82) is 0 Å². The molecule has 31 heavy (non-hydrogen) atoms. The van der Waals surface area contributed by atoms with Crippen LogP contribution in [0.4, 0.5) is 4.39 Å². The van der Waals surface area contributed by atoms with Gasteiger partial charge in [0.15, 0.2) is 0 Å². The Morgan fingerprint density at radius 2 is 1.68 bits per heavy atom. The van der Waals surface area contributed by atoms with Gasteiger partial charge < -0.3 is 4.90 Å². The number of carbonyl (C=O) groups excluding carboxylic acids is 1. The first-order valence-corrected chi connectivity index (χ1v) is 10.5. The van der Waals surface area contributed by atoms with Crippen molar-refractivity contribution in [2.75, 3.05) is 26.2 Å². The predicted molar refractivity (Wildman–Crippen MR) is 117 cm³/mol. The first kappa shape index (κ1) is 21.2. The van der Waals surface area contributed by atoms with Crippen LogP contribution in [0.1, 0.15) is 22.5 Å². The lowest BCUT2D eigenvalue weighted by atomic mass is 10.2. The second-order valence-electron chi connectivity index (χ2n) is 7.49. The van der Waals surface area contributed by atoms with Crippen molar-refractivity contribution >= 4 is 17.5 Å². The molecule has 4 rings (SSSR count). The van der Waals surface area contributed by atoms with Crippen LogP contribution in [0, 0.1) is 5.82 Å². The molecule has 3 aromatic rings. The number of nitrogens with zero attached hydrogens (tertiary/aromatic N) is 4. The molecule has 2 aromatic carbocycles. The molecule has 2 heterocycles. The Hall–Kier alpha value is -3.03. The minimum Gasteiger partial charge on any atom is -0.336 e. The summed E-state index contributed by atoms with van der Waals surface area (Å²) in [7, 11) is 0. The first-order valence-electron chi connectivity index (χ1n) is 10.1. The third-order valence-corrected chi connectivity index (χ3v) is 5.54. The van der Waals surface area contributed by atoms with Gasteiger partial charge in [-0.3, -0.25) is 14.5 Å². The molecule has 0 radical (unpaired) electrons. The summed E-state index contributed by atoms with van der Waals surface area (Å²) in [5.74, 6) is -0.624. The van der Waals surface area contributed by atoms with E-state index in [4.69, 9.17) is 11.6 Å². The van der Waals surface area contributed by atoms with E-state index in [1.165, 1.54) is 42.0 Å². The Morgan fingerprint density at radius 1 is 0.935 bits per heavy atom. The maximum Gasteiger partial charge on any atom is 0.274 e. The molecule has 0 atom stereocenters. The maximum absolute atomic E-state index is 13.2. The van der Waals surface area contributed by atoms with Crippen LogP contribution < -0.4 is 5.56 Å². The van der Waals surface area contributed by atoms with Gasteiger partial charge in [0.1, 0.15) is 11.5 Å². The lowest BCUT2D eigenvalue weighted by Gasteiger charge is -2.22. The highest BCUT2D eigenvalue weighted by Crippen LogP contribution is 2.14. The number of benzene rings is 2. The van der Waals surface area contributed by atoms with Gasteiger partial charge in [0.2, 0.25) is 0 Å². The third-order valence-electron chi connectivity index (χ3n) is 5.29. The third kappa shape index (κ3) is 5.18. The van der Waals surface area contributed by atoms with Crippen LogP contribution in [0.25, 0.3) is 5.69 Å². The fraction of sp³-hybridized carbons (Fsp3) is 0.261. The van der Waals surface area contributed by atoms with Gasteiger partial charge in [-0.25, -0.2) is 4.39 Å². The highest BCUT2D eigenvalue weighted by molar-refractivity contribution is 6.30. The molecule has 6 nitrogen and oxygen atoms in total. The second kappa shape index (κ2) is 9.41. The van der Waals surface area contributed by atoms with Crippen molar-refractivity contribution in [2.45, 2.75) is 13.0 Å². The summed E-state index contributed by atoms with van der Waals surface area (Å²) in [5.41, 5.74) is 1.39. The fourth-order valence-corrected chi connectivity index (χ4v) is 3.76. The molecule has 0 unspecified atom stereocenters. The van der Waals surface area contributed by atoms with Gasteiger partial charge in [-0.15, -0.1) is 0 Å². The molecule has 1 amide bonds. The van der Waals surface area contributed by atoms with E-state index in [2.05, 4.69) is 10.00 Å². The monoisotopic (exact) mass is 440 g/mol. The molecule has 1 fully saturated rings. The van der Waals surface area contributed by atoms with Crippen molar-refractivity contribution in [3.8, 4) is 5.69 Å². The summed E-state index contributed by atoms with van der Waals surface area (Å²) in [6, 6.07) is 16.0. The van der Waals surface area contributed by atoms with Gasteiger partial charge in [0.25, 0.3) is 11.5 Å². The van der Waals surface area contributed by atoms with Crippen molar-refractivity contribution in [3.05, 3.63) is 93.1 Å². The molecule has 0 saturated carbocycles. The summed E-state index contributed by atoms with van der Waals surface area (Å²) < 4.78 is 14.3. The van der Waals surface area contributed by atoms with E-state index >= 15 is 0 Å². The van der Waals surface area contributed by atoms with Crippen LogP contribution >= 0.6 is 11.6 Å². The van der Waals surface area contributed by atoms with Crippen LogP contribution in [-0.4, -0.2) is 51.7 Å². The van der Waals surface area contributed by atoms with Gasteiger partial charge >= 0.3 is 0 Å². The summed E-state index contributed by atoms with van der Waals surface area (Å²) >= 11 is 5.96. The van der Waals surface area contributed by atoms with Crippen molar-refractivity contribution in [3.63, 3.8) is 0 Å². The van der Waals surface area contributed by atoms with Crippen molar-refractivity contribution in [2.24, 2.45) is 0 Å². The maximum atomic E-state index is 13.2. The van der Waals surface area contributed by atoms with Gasteiger partial charge in [0, 0.05) is 43.8 Å². The highest BCUT2D eigenvalue weighted by atomic mass is 35.5. The van der Waals surface area contributed by atoms with Gasteiger partial charge in [-0.2, -0.15) is 9.78 Å². The number of carbonyl (C=O) groups is 1.